The standard InChI is InChI=1S/C18H20N2O4/c1-12-9-13(18(22)24-3)7-8-16(12)19-11-17(21)20-14-5-4-6-15(10-14)23-2/h4-10,19H,11H2,1-3H3,(H,20,21). The summed E-state index contributed by atoms with van der Waals surface area (Å²) < 4.78 is 9.80. The van der Waals surface area contributed by atoms with Crippen molar-refractivity contribution in [3.63, 3.8) is 0 Å². The van der Waals surface area contributed by atoms with Gasteiger partial charge in [0.25, 0.3) is 0 Å². The molecule has 0 aromatic heterocycles. The molecule has 0 fully saturated rings. The molecule has 2 aromatic carbocycles. The van der Waals surface area contributed by atoms with Crippen LogP contribution in [0.1, 0.15) is 15.9 Å². The smallest absolute Gasteiger partial charge is 0.337 e. The molecule has 0 radical (unpaired) electrons. The van der Waals surface area contributed by atoms with E-state index in [4.69, 9.17) is 4.74 Å². The van der Waals surface area contributed by atoms with Gasteiger partial charge in [-0.15, -0.1) is 0 Å². The quantitative estimate of drug-likeness (QED) is 0.798. The van der Waals surface area contributed by atoms with E-state index in [1.165, 1.54) is 7.11 Å². The molecule has 0 atom stereocenters. The topological polar surface area (TPSA) is 76.7 Å². The van der Waals surface area contributed by atoms with Gasteiger partial charge in [0.2, 0.25) is 5.91 Å². The summed E-state index contributed by atoms with van der Waals surface area (Å²) in [6.07, 6.45) is 0. The molecule has 126 valence electrons. The van der Waals surface area contributed by atoms with E-state index < -0.39 is 0 Å². The Balaban J connectivity index is 1.95. The van der Waals surface area contributed by atoms with E-state index >= 15 is 0 Å². The second-order valence-electron chi connectivity index (χ2n) is 5.15. The van der Waals surface area contributed by atoms with Crippen LogP contribution in [0.15, 0.2) is 42.5 Å². The average Bonchev–Trinajstić information content (AvgIpc) is 2.60. The Morgan fingerprint density at radius 3 is 2.54 bits per heavy atom. The Kier molecular flexibility index (Phi) is 5.78. The fourth-order valence-corrected chi connectivity index (χ4v) is 2.19. The molecule has 0 aliphatic carbocycles. The van der Waals surface area contributed by atoms with Gasteiger partial charge in [-0.05, 0) is 42.8 Å². The number of anilines is 2. The third-order valence-corrected chi connectivity index (χ3v) is 3.44. The summed E-state index contributed by atoms with van der Waals surface area (Å²) in [4.78, 5) is 23.5. The zero-order valence-corrected chi connectivity index (χ0v) is 13.9. The number of benzene rings is 2. The molecule has 2 rings (SSSR count). The van der Waals surface area contributed by atoms with Crippen molar-refractivity contribution in [2.45, 2.75) is 6.92 Å². The summed E-state index contributed by atoms with van der Waals surface area (Å²) in [6.45, 7) is 1.96. The number of esters is 1. The molecule has 6 heteroatoms. The van der Waals surface area contributed by atoms with E-state index in [0.29, 0.717) is 17.0 Å². The van der Waals surface area contributed by atoms with Gasteiger partial charge >= 0.3 is 5.97 Å². The highest BCUT2D eigenvalue weighted by Crippen LogP contribution is 2.18. The summed E-state index contributed by atoms with van der Waals surface area (Å²) >= 11 is 0. The number of hydrogen-bond acceptors (Lipinski definition) is 5. The summed E-state index contributed by atoms with van der Waals surface area (Å²) in [5.41, 5.74) is 2.77. The third kappa shape index (κ3) is 4.49. The zero-order valence-electron chi connectivity index (χ0n) is 13.9. The molecule has 0 aliphatic rings. The van der Waals surface area contributed by atoms with Crippen LogP contribution in [0.5, 0.6) is 5.75 Å². The number of hydrogen-bond donors (Lipinski definition) is 2. The van der Waals surface area contributed by atoms with Crippen LogP contribution < -0.4 is 15.4 Å². The van der Waals surface area contributed by atoms with E-state index in [1.54, 1.807) is 49.6 Å². The lowest BCUT2D eigenvalue weighted by molar-refractivity contribution is -0.114. The van der Waals surface area contributed by atoms with E-state index in [1.807, 2.05) is 6.92 Å². The van der Waals surface area contributed by atoms with E-state index in [9.17, 15) is 9.59 Å². The van der Waals surface area contributed by atoms with Gasteiger partial charge in [0.15, 0.2) is 0 Å². The highest BCUT2D eigenvalue weighted by molar-refractivity contribution is 5.94. The molecule has 0 heterocycles. The minimum atomic E-state index is -0.389. The SMILES string of the molecule is COC(=O)c1ccc(NCC(=O)Nc2cccc(OC)c2)c(C)c1. The number of methoxy groups -OCH3 is 2. The zero-order chi connectivity index (χ0) is 17.5. The minimum absolute atomic E-state index is 0.107. The fraction of sp³-hybridized carbons (Fsp3) is 0.222. The molecule has 0 bridgehead atoms. The molecule has 6 nitrogen and oxygen atoms in total. The van der Waals surface area contributed by atoms with Crippen molar-refractivity contribution in [2.24, 2.45) is 0 Å². The molecule has 2 N–H and O–H groups in total. The lowest BCUT2D eigenvalue weighted by Gasteiger charge is -2.11. The van der Waals surface area contributed by atoms with Gasteiger partial charge in [0.05, 0.1) is 26.3 Å². The monoisotopic (exact) mass is 328 g/mol. The van der Waals surface area contributed by atoms with Gasteiger partial charge in [-0.3, -0.25) is 4.79 Å². The maximum absolute atomic E-state index is 12.0. The fourth-order valence-electron chi connectivity index (χ4n) is 2.19. The molecule has 1 amide bonds. The number of ether oxygens (including phenoxy) is 2. The van der Waals surface area contributed by atoms with Crippen molar-refractivity contribution in [3.05, 3.63) is 53.6 Å². The molecule has 0 spiro atoms. The predicted octanol–water partition coefficient (Wildman–Crippen LogP) is 2.84. The van der Waals surface area contributed by atoms with Crippen molar-refractivity contribution in [1.82, 2.24) is 0 Å². The Labute approximate surface area is 140 Å². The third-order valence-electron chi connectivity index (χ3n) is 3.44. The van der Waals surface area contributed by atoms with Crippen molar-refractivity contribution in [2.75, 3.05) is 31.4 Å². The molecule has 0 saturated carbocycles. The normalized spacial score (nSPS) is 9.96. The predicted molar refractivity (Wildman–Crippen MR) is 92.6 cm³/mol. The summed E-state index contributed by atoms with van der Waals surface area (Å²) in [6, 6.07) is 12.3. The van der Waals surface area contributed by atoms with Gasteiger partial charge in [0, 0.05) is 17.4 Å². The lowest BCUT2D eigenvalue weighted by atomic mass is 10.1. The van der Waals surface area contributed by atoms with Crippen molar-refractivity contribution >= 4 is 23.3 Å². The molecular formula is C18H20N2O4. The lowest BCUT2D eigenvalue weighted by Crippen LogP contribution is -2.22. The van der Waals surface area contributed by atoms with E-state index in [2.05, 4.69) is 15.4 Å². The van der Waals surface area contributed by atoms with Crippen LogP contribution in [-0.2, 0) is 9.53 Å². The van der Waals surface area contributed by atoms with Crippen LogP contribution in [0.25, 0.3) is 0 Å². The summed E-state index contributed by atoms with van der Waals surface area (Å²) in [5.74, 6) is 0.107. The van der Waals surface area contributed by atoms with Gasteiger partial charge in [-0.1, -0.05) is 6.07 Å². The Bertz CT molecular complexity index is 744. The van der Waals surface area contributed by atoms with Gasteiger partial charge in [-0.2, -0.15) is 0 Å². The Hall–Kier alpha value is -3.02. The van der Waals surface area contributed by atoms with Gasteiger partial charge in [0.1, 0.15) is 5.75 Å². The first-order valence-electron chi connectivity index (χ1n) is 7.40. The van der Waals surface area contributed by atoms with Crippen LogP contribution in [0, 0.1) is 6.92 Å². The Morgan fingerprint density at radius 1 is 1.08 bits per heavy atom. The average molecular weight is 328 g/mol. The molecule has 24 heavy (non-hydrogen) atoms. The number of amides is 1. The molecule has 0 aliphatic heterocycles. The molecule has 2 aromatic rings. The second kappa shape index (κ2) is 8.01. The van der Waals surface area contributed by atoms with Crippen LogP contribution in [0.2, 0.25) is 0 Å². The Morgan fingerprint density at radius 2 is 1.88 bits per heavy atom. The van der Waals surface area contributed by atoms with Crippen molar-refractivity contribution < 1.29 is 19.1 Å². The van der Waals surface area contributed by atoms with Crippen molar-refractivity contribution in [3.8, 4) is 5.75 Å². The maximum Gasteiger partial charge on any atom is 0.337 e. The highest BCUT2D eigenvalue weighted by atomic mass is 16.5. The molecule has 0 unspecified atom stereocenters. The van der Waals surface area contributed by atoms with E-state index in [0.717, 1.165) is 11.3 Å². The number of carbonyl (C=O) groups excluding carboxylic acids is 2. The number of rotatable bonds is 6. The number of carbonyl (C=O) groups is 2. The van der Waals surface area contributed by atoms with Gasteiger partial charge < -0.3 is 20.1 Å². The highest BCUT2D eigenvalue weighted by Gasteiger charge is 2.09. The summed E-state index contributed by atoms with van der Waals surface area (Å²) in [5, 5.41) is 5.84. The van der Waals surface area contributed by atoms with Crippen molar-refractivity contribution in [1.29, 1.82) is 0 Å². The van der Waals surface area contributed by atoms with Crippen LogP contribution in [0.4, 0.5) is 11.4 Å². The van der Waals surface area contributed by atoms with Gasteiger partial charge in [-0.25, -0.2) is 4.79 Å². The molecule has 0 saturated heterocycles. The molecular weight excluding hydrogens is 308 g/mol. The van der Waals surface area contributed by atoms with Crippen LogP contribution in [0.3, 0.4) is 0 Å². The second-order valence-corrected chi connectivity index (χ2v) is 5.15. The minimum Gasteiger partial charge on any atom is -0.497 e. The number of aryl methyl sites for hydroxylation is 1. The first-order chi connectivity index (χ1) is 11.5. The summed E-state index contributed by atoms with van der Waals surface area (Å²) in [7, 11) is 2.91. The first kappa shape index (κ1) is 17.3. The largest absolute Gasteiger partial charge is 0.497 e. The van der Waals surface area contributed by atoms with E-state index in [-0.39, 0.29) is 18.4 Å². The van der Waals surface area contributed by atoms with Crippen LogP contribution in [-0.4, -0.2) is 32.6 Å². The maximum atomic E-state index is 12.0. The number of nitrogens with one attached hydrogen (secondary N) is 2. The first-order valence-corrected chi connectivity index (χ1v) is 7.40. The van der Waals surface area contributed by atoms with Crippen LogP contribution >= 0.6 is 0 Å².